The van der Waals surface area contributed by atoms with Crippen LogP contribution >= 0.6 is 0 Å². The van der Waals surface area contributed by atoms with Crippen molar-refractivity contribution in [3.63, 3.8) is 0 Å². The van der Waals surface area contributed by atoms with Crippen LogP contribution in [0.3, 0.4) is 0 Å². The van der Waals surface area contributed by atoms with Gasteiger partial charge in [0, 0.05) is 23.7 Å². The Kier molecular flexibility index (Phi) is 5.90. The van der Waals surface area contributed by atoms with Gasteiger partial charge < -0.3 is 10.1 Å². The summed E-state index contributed by atoms with van der Waals surface area (Å²) in [6.07, 6.45) is 4.00. The number of nitrogens with one attached hydrogen (secondary N) is 1. The second-order valence-corrected chi connectivity index (χ2v) is 8.46. The van der Waals surface area contributed by atoms with E-state index < -0.39 is 0 Å². The molecule has 0 radical (unpaired) electrons. The fourth-order valence-electron chi connectivity index (χ4n) is 4.20. The van der Waals surface area contributed by atoms with Gasteiger partial charge in [0.25, 0.3) is 5.91 Å². The van der Waals surface area contributed by atoms with E-state index in [2.05, 4.69) is 34.6 Å². The number of hydrogen-bond donors (Lipinski definition) is 1. The minimum Gasteiger partial charge on any atom is -0.487 e. The SMILES string of the molecule is O=C(NCc1ccccc1)c1ccc(C2(c3ccc(OCc4ccccn4)cc3)CC2)cc1. The number of benzene rings is 3. The van der Waals surface area contributed by atoms with Crippen LogP contribution in [0.25, 0.3) is 0 Å². The van der Waals surface area contributed by atoms with Crippen LogP contribution in [0.4, 0.5) is 0 Å². The molecular weight excluding hydrogens is 408 g/mol. The van der Waals surface area contributed by atoms with Crippen molar-refractivity contribution in [2.75, 3.05) is 0 Å². The second kappa shape index (κ2) is 9.29. The van der Waals surface area contributed by atoms with E-state index in [-0.39, 0.29) is 11.3 Å². The first-order valence-corrected chi connectivity index (χ1v) is 11.3. The largest absolute Gasteiger partial charge is 0.487 e. The molecule has 0 bridgehead atoms. The smallest absolute Gasteiger partial charge is 0.251 e. The average Bonchev–Trinajstić information content (AvgIpc) is 3.70. The number of rotatable bonds is 8. The van der Waals surface area contributed by atoms with Crippen molar-refractivity contribution in [2.45, 2.75) is 31.4 Å². The van der Waals surface area contributed by atoms with Gasteiger partial charge in [0.2, 0.25) is 0 Å². The van der Waals surface area contributed by atoms with Gasteiger partial charge in [-0.3, -0.25) is 9.78 Å². The molecule has 1 aliphatic carbocycles. The highest BCUT2D eigenvalue weighted by atomic mass is 16.5. The fraction of sp³-hybridized carbons (Fsp3) is 0.172. The predicted octanol–water partition coefficient (Wildman–Crippen LogP) is 5.67. The molecule has 4 heteroatoms. The number of carbonyl (C=O) groups is 1. The van der Waals surface area contributed by atoms with Crippen LogP contribution < -0.4 is 10.1 Å². The Labute approximate surface area is 194 Å². The molecule has 1 heterocycles. The average molecular weight is 435 g/mol. The van der Waals surface area contributed by atoms with E-state index in [1.54, 1.807) is 6.20 Å². The predicted molar refractivity (Wildman–Crippen MR) is 129 cm³/mol. The van der Waals surface area contributed by atoms with Crippen LogP contribution in [0.15, 0.2) is 103 Å². The highest BCUT2D eigenvalue weighted by molar-refractivity contribution is 5.94. The summed E-state index contributed by atoms with van der Waals surface area (Å²) in [5.74, 6) is 0.787. The highest BCUT2D eigenvalue weighted by Crippen LogP contribution is 2.53. The molecule has 164 valence electrons. The molecule has 1 aromatic heterocycles. The molecule has 0 unspecified atom stereocenters. The van der Waals surface area contributed by atoms with Crippen molar-refractivity contribution >= 4 is 5.91 Å². The Hall–Kier alpha value is -3.92. The summed E-state index contributed by atoms with van der Waals surface area (Å²) in [6, 6.07) is 32.2. The summed E-state index contributed by atoms with van der Waals surface area (Å²) >= 11 is 0. The van der Waals surface area contributed by atoms with Gasteiger partial charge in [-0.25, -0.2) is 0 Å². The highest BCUT2D eigenvalue weighted by Gasteiger charge is 2.45. The molecular formula is C29H26N2O2. The monoisotopic (exact) mass is 434 g/mol. The maximum atomic E-state index is 12.5. The molecule has 4 nitrogen and oxygen atoms in total. The van der Waals surface area contributed by atoms with Gasteiger partial charge in [-0.1, -0.05) is 60.7 Å². The first-order chi connectivity index (χ1) is 16.2. The number of nitrogens with zero attached hydrogens (tertiary/aromatic N) is 1. The number of hydrogen-bond acceptors (Lipinski definition) is 3. The van der Waals surface area contributed by atoms with E-state index in [1.807, 2.05) is 72.8 Å². The zero-order valence-corrected chi connectivity index (χ0v) is 18.4. The standard InChI is InChI=1S/C29H26N2O2/c32-28(31-20-22-6-2-1-3-7-22)23-9-11-24(12-10-23)29(17-18-29)25-13-15-27(16-14-25)33-21-26-8-4-5-19-30-26/h1-16,19H,17-18,20-21H2,(H,31,32). The lowest BCUT2D eigenvalue weighted by Gasteiger charge is -2.17. The third-order valence-electron chi connectivity index (χ3n) is 6.27. The van der Waals surface area contributed by atoms with E-state index in [9.17, 15) is 4.79 Å². The molecule has 5 rings (SSSR count). The van der Waals surface area contributed by atoms with E-state index in [1.165, 1.54) is 11.1 Å². The Bertz CT molecular complexity index is 1200. The number of amides is 1. The minimum absolute atomic E-state index is 0.0402. The number of carbonyl (C=O) groups excluding carboxylic acids is 1. The Morgan fingerprint density at radius 3 is 2.12 bits per heavy atom. The van der Waals surface area contributed by atoms with E-state index >= 15 is 0 Å². The lowest BCUT2D eigenvalue weighted by atomic mass is 9.87. The topological polar surface area (TPSA) is 51.2 Å². The first kappa shape index (κ1) is 21.0. The van der Waals surface area contributed by atoms with Gasteiger partial charge in [0.1, 0.15) is 12.4 Å². The van der Waals surface area contributed by atoms with Gasteiger partial charge in [0.15, 0.2) is 0 Å². The zero-order valence-electron chi connectivity index (χ0n) is 18.4. The van der Waals surface area contributed by atoms with Crippen LogP contribution in [-0.4, -0.2) is 10.9 Å². The molecule has 1 aliphatic rings. The van der Waals surface area contributed by atoms with Crippen LogP contribution in [0.1, 0.15) is 45.6 Å². The summed E-state index contributed by atoms with van der Waals surface area (Å²) in [5.41, 5.74) is 5.26. The quantitative estimate of drug-likeness (QED) is 0.389. The number of pyridine rings is 1. The van der Waals surface area contributed by atoms with Crippen LogP contribution in [0.5, 0.6) is 5.75 Å². The van der Waals surface area contributed by atoms with Crippen molar-refractivity contribution in [1.29, 1.82) is 0 Å². The Balaban J connectivity index is 1.22. The molecule has 1 fully saturated rings. The third-order valence-corrected chi connectivity index (χ3v) is 6.27. The van der Waals surface area contributed by atoms with Crippen LogP contribution in [-0.2, 0) is 18.6 Å². The normalized spacial score (nSPS) is 13.8. The van der Waals surface area contributed by atoms with Gasteiger partial charge in [-0.15, -0.1) is 0 Å². The summed E-state index contributed by atoms with van der Waals surface area (Å²) in [7, 11) is 0. The third kappa shape index (κ3) is 4.80. The molecule has 33 heavy (non-hydrogen) atoms. The van der Waals surface area contributed by atoms with Crippen LogP contribution in [0, 0.1) is 0 Å². The molecule has 1 amide bonds. The minimum atomic E-state index is -0.0512. The summed E-state index contributed by atoms with van der Waals surface area (Å²) < 4.78 is 5.88. The van der Waals surface area contributed by atoms with E-state index in [0.29, 0.717) is 18.7 Å². The van der Waals surface area contributed by atoms with Crippen molar-refractivity contribution < 1.29 is 9.53 Å². The lowest BCUT2D eigenvalue weighted by molar-refractivity contribution is 0.0951. The molecule has 0 aliphatic heterocycles. The maximum absolute atomic E-state index is 12.5. The second-order valence-electron chi connectivity index (χ2n) is 8.46. The van der Waals surface area contributed by atoms with Gasteiger partial charge in [0.05, 0.1) is 5.69 Å². The molecule has 0 saturated heterocycles. The Morgan fingerprint density at radius 2 is 1.48 bits per heavy atom. The van der Waals surface area contributed by atoms with Crippen molar-refractivity contribution in [2.24, 2.45) is 0 Å². The molecule has 1 N–H and O–H groups in total. The molecule has 1 saturated carbocycles. The van der Waals surface area contributed by atoms with Crippen molar-refractivity contribution in [1.82, 2.24) is 10.3 Å². The first-order valence-electron chi connectivity index (χ1n) is 11.3. The summed E-state index contributed by atoms with van der Waals surface area (Å²) in [6.45, 7) is 0.985. The molecule has 4 aromatic rings. The summed E-state index contributed by atoms with van der Waals surface area (Å²) in [5, 5.41) is 2.99. The van der Waals surface area contributed by atoms with E-state index in [4.69, 9.17) is 4.74 Å². The van der Waals surface area contributed by atoms with Gasteiger partial charge in [-0.2, -0.15) is 0 Å². The zero-order chi connectivity index (χ0) is 22.5. The van der Waals surface area contributed by atoms with Gasteiger partial charge >= 0.3 is 0 Å². The van der Waals surface area contributed by atoms with E-state index in [0.717, 1.165) is 29.8 Å². The molecule has 0 atom stereocenters. The Morgan fingerprint density at radius 1 is 0.818 bits per heavy atom. The number of ether oxygens (including phenoxy) is 1. The fourth-order valence-corrected chi connectivity index (χ4v) is 4.20. The molecule has 0 spiro atoms. The van der Waals surface area contributed by atoms with Crippen molar-refractivity contribution in [3.05, 3.63) is 131 Å². The van der Waals surface area contributed by atoms with Crippen molar-refractivity contribution in [3.8, 4) is 5.75 Å². The maximum Gasteiger partial charge on any atom is 0.251 e. The van der Waals surface area contributed by atoms with Gasteiger partial charge in [-0.05, 0) is 65.9 Å². The summed E-state index contributed by atoms with van der Waals surface area (Å²) in [4.78, 5) is 16.8. The molecule has 3 aromatic carbocycles. The lowest BCUT2D eigenvalue weighted by Crippen LogP contribution is -2.22. The van der Waals surface area contributed by atoms with Crippen LogP contribution in [0.2, 0.25) is 0 Å². The number of aromatic nitrogens is 1.